The minimum Gasteiger partial charge on any atom is -0.497 e. The summed E-state index contributed by atoms with van der Waals surface area (Å²) >= 11 is 0. The third-order valence-electron chi connectivity index (χ3n) is 4.33. The van der Waals surface area contributed by atoms with Crippen LogP contribution >= 0.6 is 0 Å². The van der Waals surface area contributed by atoms with Crippen molar-refractivity contribution in [2.24, 2.45) is 0 Å². The summed E-state index contributed by atoms with van der Waals surface area (Å²) in [6.45, 7) is 3.77. The Morgan fingerprint density at radius 1 is 0.963 bits per heavy atom. The van der Waals surface area contributed by atoms with Gasteiger partial charge in [0.15, 0.2) is 0 Å². The van der Waals surface area contributed by atoms with Gasteiger partial charge in [-0.1, -0.05) is 6.07 Å². The van der Waals surface area contributed by atoms with Crippen LogP contribution < -0.4 is 10.4 Å². The molecule has 0 aliphatic carbocycles. The van der Waals surface area contributed by atoms with Crippen LogP contribution in [0.1, 0.15) is 21.5 Å². The number of carbonyl (C=O) groups is 1. The fraction of sp³-hybridized carbons (Fsp3) is 0.158. The molecule has 1 aromatic heterocycles. The van der Waals surface area contributed by atoms with Gasteiger partial charge >= 0.3 is 5.69 Å². The minimum absolute atomic E-state index is 0.0817. The highest BCUT2D eigenvalue weighted by Gasteiger charge is 2.23. The topological polar surface area (TPSA) is 87.4 Å². The molecule has 0 bridgehead atoms. The monoisotopic (exact) mass is 386 g/mol. The number of hydrogen-bond acceptors (Lipinski definition) is 5. The zero-order valence-corrected chi connectivity index (χ0v) is 15.9. The average molecular weight is 386 g/mol. The van der Waals surface area contributed by atoms with E-state index < -0.39 is 21.6 Å². The van der Waals surface area contributed by atoms with Crippen LogP contribution in [-0.4, -0.2) is 30.0 Å². The molecule has 0 aliphatic heterocycles. The molecule has 0 atom stereocenters. The van der Waals surface area contributed by atoms with Crippen LogP contribution in [0.3, 0.4) is 0 Å². The van der Waals surface area contributed by atoms with Crippen molar-refractivity contribution in [3.8, 4) is 5.75 Å². The summed E-state index contributed by atoms with van der Waals surface area (Å²) in [6.07, 6.45) is 2.22. The van der Waals surface area contributed by atoms with Gasteiger partial charge in [-0.2, -0.15) is 3.97 Å². The third kappa shape index (κ3) is 3.31. The Morgan fingerprint density at radius 3 is 2.22 bits per heavy atom. The number of aryl methyl sites for hydroxylation is 2. The molecular weight excluding hydrogens is 368 g/mol. The first-order chi connectivity index (χ1) is 12.8. The van der Waals surface area contributed by atoms with Gasteiger partial charge in [0.1, 0.15) is 5.75 Å². The second-order valence-corrected chi connectivity index (χ2v) is 7.85. The van der Waals surface area contributed by atoms with Crippen molar-refractivity contribution in [3.05, 3.63) is 82.0 Å². The molecule has 0 amide bonds. The molecule has 0 radical (unpaired) electrons. The van der Waals surface area contributed by atoms with E-state index in [1.54, 1.807) is 18.2 Å². The van der Waals surface area contributed by atoms with Crippen LogP contribution in [-0.2, 0) is 10.0 Å². The van der Waals surface area contributed by atoms with Crippen molar-refractivity contribution in [1.82, 2.24) is 8.54 Å². The van der Waals surface area contributed by atoms with Gasteiger partial charge < -0.3 is 4.74 Å². The van der Waals surface area contributed by atoms with E-state index >= 15 is 0 Å². The van der Waals surface area contributed by atoms with E-state index in [1.807, 2.05) is 13.8 Å². The Labute approximate surface area is 156 Å². The summed E-state index contributed by atoms with van der Waals surface area (Å²) in [6, 6.07) is 10.7. The first kappa shape index (κ1) is 18.7. The number of methoxy groups -OCH3 is 1. The van der Waals surface area contributed by atoms with Crippen LogP contribution in [0.5, 0.6) is 5.75 Å². The molecule has 0 spiro atoms. The van der Waals surface area contributed by atoms with E-state index in [9.17, 15) is 18.0 Å². The molecule has 0 unspecified atom stereocenters. The van der Waals surface area contributed by atoms with Crippen LogP contribution in [0.4, 0.5) is 0 Å². The Bertz CT molecular complexity index is 1170. The van der Waals surface area contributed by atoms with Gasteiger partial charge in [0.2, 0.25) is 0 Å². The quantitative estimate of drug-likeness (QED) is 0.686. The SMILES string of the molecule is COc1ccc(S(=O)(=O)n2ccn(C(=O)c3ccc(C)c(C)c3)c2=O)cc1. The molecule has 0 saturated heterocycles. The zero-order valence-electron chi connectivity index (χ0n) is 15.0. The Hall–Kier alpha value is -3.13. The molecule has 0 saturated carbocycles. The third-order valence-corrected chi connectivity index (χ3v) is 6.00. The Morgan fingerprint density at radius 2 is 1.63 bits per heavy atom. The van der Waals surface area contributed by atoms with E-state index in [1.165, 1.54) is 31.4 Å². The van der Waals surface area contributed by atoms with Gasteiger partial charge in [0, 0.05) is 18.0 Å². The van der Waals surface area contributed by atoms with Crippen molar-refractivity contribution in [2.75, 3.05) is 7.11 Å². The predicted molar refractivity (Wildman–Crippen MR) is 99.9 cm³/mol. The van der Waals surface area contributed by atoms with Crippen molar-refractivity contribution >= 4 is 15.9 Å². The fourth-order valence-electron chi connectivity index (χ4n) is 2.57. The smallest absolute Gasteiger partial charge is 0.349 e. The molecule has 0 fully saturated rings. The van der Waals surface area contributed by atoms with E-state index in [0.717, 1.165) is 28.1 Å². The summed E-state index contributed by atoms with van der Waals surface area (Å²) in [5.74, 6) is -0.101. The Balaban J connectivity index is 2.02. The normalized spacial score (nSPS) is 11.4. The molecule has 3 rings (SSSR count). The molecule has 8 heteroatoms. The van der Waals surface area contributed by atoms with Crippen molar-refractivity contribution in [1.29, 1.82) is 0 Å². The Kier molecular flexibility index (Phi) is 4.75. The number of nitrogens with zero attached hydrogens (tertiary/aromatic N) is 2. The van der Waals surface area contributed by atoms with Crippen LogP contribution in [0.2, 0.25) is 0 Å². The predicted octanol–water partition coefficient (Wildman–Crippen LogP) is 2.20. The molecule has 7 nitrogen and oxygen atoms in total. The van der Waals surface area contributed by atoms with Crippen LogP contribution in [0, 0.1) is 13.8 Å². The second-order valence-electron chi connectivity index (χ2n) is 6.03. The highest BCUT2D eigenvalue weighted by molar-refractivity contribution is 7.90. The van der Waals surface area contributed by atoms with Gasteiger partial charge in [-0.25, -0.2) is 17.8 Å². The maximum Gasteiger partial charge on any atom is 0.349 e. The first-order valence-electron chi connectivity index (χ1n) is 8.07. The van der Waals surface area contributed by atoms with E-state index in [4.69, 9.17) is 4.74 Å². The van der Waals surface area contributed by atoms with Crippen LogP contribution in [0.25, 0.3) is 0 Å². The number of hydrogen-bond donors (Lipinski definition) is 0. The minimum atomic E-state index is -4.13. The molecule has 0 aliphatic rings. The molecule has 2 aromatic carbocycles. The number of ether oxygens (including phenoxy) is 1. The van der Waals surface area contributed by atoms with Gasteiger partial charge in [0.05, 0.1) is 12.0 Å². The number of aromatic nitrogens is 2. The lowest BCUT2D eigenvalue weighted by molar-refractivity contribution is 0.0956. The van der Waals surface area contributed by atoms with Gasteiger partial charge in [-0.05, 0) is 61.4 Å². The highest BCUT2D eigenvalue weighted by Crippen LogP contribution is 2.17. The standard InChI is InChI=1S/C19H18N2O5S/c1-13-4-5-15(12-14(13)2)18(22)20-10-11-21(19(20)23)27(24,25)17-8-6-16(26-3)7-9-17/h4-12H,1-3H3. The molecule has 0 N–H and O–H groups in total. The molecule has 140 valence electrons. The summed E-state index contributed by atoms with van der Waals surface area (Å²) in [5.41, 5.74) is 1.27. The second kappa shape index (κ2) is 6.88. The van der Waals surface area contributed by atoms with Gasteiger partial charge in [0.25, 0.3) is 15.9 Å². The maximum absolute atomic E-state index is 12.7. The largest absolute Gasteiger partial charge is 0.497 e. The van der Waals surface area contributed by atoms with E-state index in [-0.39, 0.29) is 4.90 Å². The number of benzene rings is 2. The molecule has 27 heavy (non-hydrogen) atoms. The lowest BCUT2D eigenvalue weighted by atomic mass is 10.1. The number of imidazole rings is 1. The van der Waals surface area contributed by atoms with Crippen molar-refractivity contribution in [2.45, 2.75) is 18.7 Å². The van der Waals surface area contributed by atoms with Crippen molar-refractivity contribution in [3.63, 3.8) is 0 Å². The lowest BCUT2D eigenvalue weighted by Crippen LogP contribution is -2.32. The maximum atomic E-state index is 12.7. The van der Waals surface area contributed by atoms with E-state index in [0.29, 0.717) is 15.3 Å². The lowest BCUT2D eigenvalue weighted by Gasteiger charge is -2.06. The van der Waals surface area contributed by atoms with Gasteiger partial charge in [-0.3, -0.25) is 4.79 Å². The van der Waals surface area contributed by atoms with Crippen LogP contribution in [0.15, 0.2) is 64.5 Å². The van der Waals surface area contributed by atoms with E-state index in [2.05, 4.69) is 0 Å². The number of rotatable bonds is 4. The summed E-state index contributed by atoms with van der Waals surface area (Å²) in [4.78, 5) is 25.1. The molecular formula is C19H18N2O5S. The molecule has 1 heterocycles. The molecule has 3 aromatic rings. The highest BCUT2D eigenvalue weighted by atomic mass is 32.2. The number of carbonyl (C=O) groups excluding carboxylic acids is 1. The van der Waals surface area contributed by atoms with Gasteiger partial charge in [-0.15, -0.1) is 0 Å². The summed E-state index contributed by atoms with van der Waals surface area (Å²) in [7, 11) is -2.66. The summed E-state index contributed by atoms with van der Waals surface area (Å²) < 4.78 is 31.8. The fourth-order valence-corrected chi connectivity index (χ4v) is 3.79. The first-order valence-corrected chi connectivity index (χ1v) is 9.51. The summed E-state index contributed by atoms with van der Waals surface area (Å²) in [5, 5.41) is 0. The zero-order chi connectivity index (χ0) is 19.8. The average Bonchev–Trinajstić information content (AvgIpc) is 3.05. The van der Waals surface area contributed by atoms with Crippen molar-refractivity contribution < 1.29 is 17.9 Å².